The van der Waals surface area contributed by atoms with Gasteiger partial charge in [0.05, 0.1) is 22.4 Å². The summed E-state index contributed by atoms with van der Waals surface area (Å²) in [4.78, 5) is 25.9. The number of aromatic nitrogens is 6. The van der Waals surface area contributed by atoms with Gasteiger partial charge < -0.3 is 10.4 Å². The zero-order valence-corrected chi connectivity index (χ0v) is 20.9. The van der Waals surface area contributed by atoms with Crippen LogP contribution in [-0.4, -0.2) is 52.4 Å². The van der Waals surface area contributed by atoms with Crippen LogP contribution in [0.2, 0.25) is 5.02 Å². The van der Waals surface area contributed by atoms with Gasteiger partial charge in [0.2, 0.25) is 5.13 Å². The normalized spacial score (nSPS) is 11.2. The Morgan fingerprint density at radius 1 is 1.21 bits per heavy atom. The number of rotatable bonds is 6. The SMILES string of the molecule is Cn1ccc(C(=O)Cc2cccc(-c3nsc(Nc4ccc5[nH]ncc5c4Cl)n3)c2)n1.O=C(O)C(F)(F)F. The molecule has 196 valence electrons. The Morgan fingerprint density at radius 2 is 1.97 bits per heavy atom. The fraction of sp³-hybridized carbons (Fsp3) is 0.130. The Bertz CT molecular complexity index is 1610. The number of carboxylic acids is 1. The Morgan fingerprint density at radius 3 is 2.66 bits per heavy atom. The number of alkyl halides is 3. The van der Waals surface area contributed by atoms with Crippen molar-refractivity contribution in [1.29, 1.82) is 0 Å². The van der Waals surface area contributed by atoms with Crippen molar-refractivity contribution < 1.29 is 27.9 Å². The maximum Gasteiger partial charge on any atom is 0.490 e. The van der Waals surface area contributed by atoms with E-state index in [1.54, 1.807) is 30.2 Å². The molecule has 0 spiro atoms. The molecule has 0 unspecified atom stereocenters. The van der Waals surface area contributed by atoms with E-state index in [0.29, 0.717) is 21.7 Å². The van der Waals surface area contributed by atoms with E-state index in [2.05, 4.69) is 30.0 Å². The number of aromatic amines is 1. The molecule has 0 amide bonds. The summed E-state index contributed by atoms with van der Waals surface area (Å²) in [6.07, 6.45) is -1.37. The average Bonchev–Trinajstić information content (AvgIpc) is 3.62. The van der Waals surface area contributed by atoms with Crippen molar-refractivity contribution in [2.45, 2.75) is 12.6 Å². The van der Waals surface area contributed by atoms with Crippen LogP contribution in [0.25, 0.3) is 22.3 Å². The lowest BCUT2D eigenvalue weighted by molar-refractivity contribution is -0.192. The van der Waals surface area contributed by atoms with E-state index >= 15 is 0 Å². The molecule has 0 radical (unpaired) electrons. The fourth-order valence-electron chi connectivity index (χ4n) is 3.25. The number of Topliss-reactive ketones (excluding diaryl/α,β-unsaturated/α-hetero) is 1. The first-order valence-corrected chi connectivity index (χ1v) is 11.8. The standard InChI is InChI=1S/C21H16ClN7OS.C2HF3O2/c1-29-8-7-16(27-29)18(30)10-12-3-2-4-13(9-12)20-25-21(31-28-20)24-17-6-5-15-14(19(17)22)11-23-26-15;3-2(4,5)1(6)7/h2-9,11H,10H2,1H3,(H,23,26)(H,24,25,28);(H,6,7). The summed E-state index contributed by atoms with van der Waals surface area (Å²) in [6.45, 7) is 0. The zero-order valence-electron chi connectivity index (χ0n) is 19.3. The lowest BCUT2D eigenvalue weighted by Crippen LogP contribution is -2.21. The number of nitrogens with zero attached hydrogens (tertiary/aromatic N) is 5. The van der Waals surface area contributed by atoms with E-state index in [9.17, 15) is 18.0 Å². The summed E-state index contributed by atoms with van der Waals surface area (Å²) in [6, 6.07) is 13.2. The van der Waals surface area contributed by atoms with Gasteiger partial charge in [-0.15, -0.1) is 0 Å². The summed E-state index contributed by atoms with van der Waals surface area (Å²) < 4.78 is 37.8. The van der Waals surface area contributed by atoms with Crippen LogP contribution in [0.5, 0.6) is 0 Å². The van der Waals surface area contributed by atoms with Gasteiger partial charge in [0.15, 0.2) is 11.6 Å². The van der Waals surface area contributed by atoms with E-state index in [4.69, 9.17) is 21.5 Å². The monoisotopic (exact) mass is 563 g/mol. The number of halogens is 4. The maximum absolute atomic E-state index is 12.5. The molecule has 38 heavy (non-hydrogen) atoms. The summed E-state index contributed by atoms with van der Waals surface area (Å²) >= 11 is 7.71. The molecule has 0 fully saturated rings. The van der Waals surface area contributed by atoms with Gasteiger partial charge in [-0.05, 0) is 29.8 Å². The minimum Gasteiger partial charge on any atom is -0.475 e. The lowest BCUT2D eigenvalue weighted by Gasteiger charge is -2.05. The fourth-order valence-corrected chi connectivity index (χ4v) is 4.11. The van der Waals surface area contributed by atoms with Crippen LogP contribution in [-0.2, 0) is 18.3 Å². The summed E-state index contributed by atoms with van der Waals surface area (Å²) in [5, 5.41) is 23.4. The number of carbonyl (C=O) groups is 2. The van der Waals surface area contributed by atoms with Crippen molar-refractivity contribution >= 4 is 56.6 Å². The number of aryl methyl sites for hydroxylation is 1. The molecule has 15 heteroatoms. The molecule has 5 aromatic rings. The Balaban J connectivity index is 0.000000426. The highest BCUT2D eigenvalue weighted by Crippen LogP contribution is 2.33. The number of fused-ring (bicyclic) bond motifs is 1. The van der Waals surface area contributed by atoms with Gasteiger partial charge >= 0.3 is 12.1 Å². The quantitative estimate of drug-likeness (QED) is 0.237. The maximum atomic E-state index is 12.5. The van der Waals surface area contributed by atoms with Gasteiger partial charge in [0.1, 0.15) is 5.69 Å². The van der Waals surface area contributed by atoms with Crippen molar-refractivity contribution in [2.75, 3.05) is 5.32 Å². The van der Waals surface area contributed by atoms with Crippen LogP contribution in [0, 0.1) is 0 Å². The van der Waals surface area contributed by atoms with Gasteiger partial charge in [-0.2, -0.15) is 32.7 Å². The van der Waals surface area contributed by atoms with Crippen LogP contribution >= 0.6 is 23.1 Å². The van der Waals surface area contributed by atoms with Crippen LogP contribution in [0.1, 0.15) is 16.1 Å². The molecule has 10 nitrogen and oxygen atoms in total. The van der Waals surface area contributed by atoms with Crippen molar-refractivity contribution in [3.05, 3.63) is 71.1 Å². The zero-order chi connectivity index (χ0) is 27.4. The van der Waals surface area contributed by atoms with Crippen LogP contribution in [0.4, 0.5) is 24.0 Å². The van der Waals surface area contributed by atoms with E-state index < -0.39 is 12.1 Å². The molecule has 3 heterocycles. The van der Waals surface area contributed by atoms with Crippen molar-refractivity contribution in [1.82, 2.24) is 29.3 Å². The third-order valence-electron chi connectivity index (χ3n) is 5.02. The number of H-pyrrole nitrogens is 1. The third kappa shape index (κ3) is 6.33. The predicted molar refractivity (Wildman–Crippen MR) is 135 cm³/mol. The molecular weight excluding hydrogens is 547 g/mol. The number of hydrogen-bond acceptors (Lipinski definition) is 8. The summed E-state index contributed by atoms with van der Waals surface area (Å²) in [5.74, 6) is -2.21. The van der Waals surface area contributed by atoms with Gasteiger partial charge in [0.25, 0.3) is 0 Å². The van der Waals surface area contributed by atoms with Gasteiger partial charge in [-0.3, -0.25) is 14.6 Å². The Labute approximate surface area is 221 Å². The molecule has 5 rings (SSSR count). The highest BCUT2D eigenvalue weighted by Gasteiger charge is 2.38. The van der Waals surface area contributed by atoms with E-state index in [0.717, 1.165) is 27.7 Å². The Kier molecular flexibility index (Phi) is 7.73. The number of hydrogen-bond donors (Lipinski definition) is 3. The molecule has 0 aliphatic carbocycles. The first-order valence-electron chi connectivity index (χ1n) is 10.7. The first kappa shape index (κ1) is 26.8. The van der Waals surface area contributed by atoms with E-state index in [1.165, 1.54) is 11.5 Å². The highest BCUT2D eigenvalue weighted by molar-refractivity contribution is 7.10. The van der Waals surface area contributed by atoms with E-state index in [1.807, 2.05) is 36.4 Å². The van der Waals surface area contributed by atoms with Crippen LogP contribution in [0.3, 0.4) is 0 Å². The van der Waals surface area contributed by atoms with Crippen LogP contribution in [0.15, 0.2) is 54.9 Å². The molecule has 0 saturated carbocycles. The van der Waals surface area contributed by atoms with Crippen LogP contribution < -0.4 is 5.32 Å². The van der Waals surface area contributed by atoms with Gasteiger partial charge in [-0.25, -0.2) is 4.79 Å². The molecule has 2 aromatic carbocycles. The van der Waals surface area contributed by atoms with Crippen molar-refractivity contribution in [3.63, 3.8) is 0 Å². The number of carboxylic acid groups (broad SMARTS) is 1. The minimum atomic E-state index is -5.08. The van der Waals surface area contributed by atoms with E-state index in [-0.39, 0.29) is 12.2 Å². The predicted octanol–water partition coefficient (Wildman–Crippen LogP) is 5.27. The molecule has 3 N–H and O–H groups in total. The molecule has 0 aliphatic heterocycles. The number of aliphatic carboxylic acids is 1. The largest absolute Gasteiger partial charge is 0.490 e. The molecule has 3 aromatic heterocycles. The highest BCUT2D eigenvalue weighted by atomic mass is 35.5. The molecule has 0 bridgehead atoms. The summed E-state index contributed by atoms with van der Waals surface area (Å²) in [7, 11) is 1.79. The topological polar surface area (TPSA) is 139 Å². The number of benzene rings is 2. The average molecular weight is 564 g/mol. The second-order valence-corrected chi connectivity index (χ2v) is 8.91. The molecule has 0 saturated heterocycles. The molecule has 0 atom stereocenters. The molecular formula is C23H17ClF3N7O3S. The van der Waals surface area contributed by atoms with Gasteiger partial charge in [0, 0.05) is 42.1 Å². The second kappa shape index (κ2) is 11.0. The minimum absolute atomic E-state index is 0.0318. The number of nitrogens with one attached hydrogen (secondary N) is 2. The number of ketones is 1. The first-order chi connectivity index (χ1) is 18.0. The molecule has 0 aliphatic rings. The lowest BCUT2D eigenvalue weighted by atomic mass is 10.0. The van der Waals surface area contributed by atoms with Crippen molar-refractivity contribution in [2.24, 2.45) is 7.05 Å². The smallest absolute Gasteiger partial charge is 0.475 e. The number of carbonyl (C=O) groups excluding carboxylic acids is 1. The third-order valence-corrected chi connectivity index (χ3v) is 6.06. The number of anilines is 2. The second-order valence-electron chi connectivity index (χ2n) is 7.78. The van der Waals surface area contributed by atoms with Gasteiger partial charge in [-0.1, -0.05) is 29.8 Å². The van der Waals surface area contributed by atoms with Crippen molar-refractivity contribution in [3.8, 4) is 11.4 Å². The summed E-state index contributed by atoms with van der Waals surface area (Å²) in [5.41, 5.74) is 3.77. The Hall–Kier alpha value is -4.30.